The summed E-state index contributed by atoms with van der Waals surface area (Å²) in [5.74, 6) is 0.121. The molecule has 0 amide bonds. The van der Waals surface area contributed by atoms with Crippen LogP contribution in [0.15, 0.2) is 24.4 Å². The summed E-state index contributed by atoms with van der Waals surface area (Å²) in [5, 5.41) is 9.41. The Labute approximate surface area is 86.2 Å². The molecule has 2 aromatic heterocycles. The normalized spacial score (nSPS) is 11.8. The third kappa shape index (κ3) is 1.86. The molecule has 0 spiro atoms. The fraction of sp³-hybridized carbons (Fsp3) is 0.125. The van der Waals surface area contributed by atoms with E-state index in [1.807, 2.05) is 0 Å². The van der Waals surface area contributed by atoms with Gasteiger partial charge in [-0.3, -0.25) is 9.12 Å². The Hall–Kier alpha value is -1.76. The van der Waals surface area contributed by atoms with E-state index in [1.54, 1.807) is 24.4 Å². The van der Waals surface area contributed by atoms with Crippen LogP contribution >= 0.6 is 0 Å². The van der Waals surface area contributed by atoms with Gasteiger partial charge < -0.3 is 5.11 Å². The summed E-state index contributed by atoms with van der Waals surface area (Å²) in [7, 11) is -3.39. The van der Waals surface area contributed by atoms with Crippen molar-refractivity contribution in [1.29, 1.82) is 0 Å². The molecule has 7 heteroatoms. The first kappa shape index (κ1) is 9.78. The van der Waals surface area contributed by atoms with E-state index in [0.29, 0.717) is 5.52 Å². The lowest BCUT2D eigenvalue weighted by Crippen LogP contribution is -2.09. The van der Waals surface area contributed by atoms with Gasteiger partial charge in [0, 0.05) is 6.20 Å². The molecule has 80 valence electrons. The highest BCUT2D eigenvalue weighted by Gasteiger charge is 2.12. The number of nitrogens with zero attached hydrogens (tertiary/aromatic N) is 2. The summed E-state index contributed by atoms with van der Waals surface area (Å²) < 4.78 is 25.6. The molecular formula is C8H9N3O3S. The molecule has 0 aromatic carbocycles. The smallest absolute Gasteiger partial charge is 0.300 e. The zero-order chi connectivity index (χ0) is 11.1. The molecule has 0 radical (unpaired) electrons. The highest BCUT2D eigenvalue weighted by molar-refractivity contribution is 7.92. The van der Waals surface area contributed by atoms with Crippen molar-refractivity contribution >= 4 is 21.4 Å². The lowest BCUT2D eigenvalue weighted by molar-refractivity contribution is 0.428. The largest absolute Gasteiger partial charge is 0.480 e. The molecule has 0 fully saturated rings. The number of hydrogen-bond acceptors (Lipinski definition) is 4. The van der Waals surface area contributed by atoms with Crippen molar-refractivity contribution in [3.8, 4) is 6.01 Å². The molecule has 2 heterocycles. The molecule has 6 nitrogen and oxygen atoms in total. The molecule has 0 aliphatic heterocycles. The number of fused-ring (bicyclic) bond motifs is 1. The molecule has 2 N–H and O–H groups in total. The maximum atomic E-state index is 11.0. The molecule has 0 aliphatic rings. The standard InChI is InChI=1S/C8H9N3O3S/c1-15(13,14)10-7-6-4-2-3-5-11(6)8(12)9-7/h2-5,10H,1H3,(H,9,12). The van der Waals surface area contributed by atoms with Gasteiger partial charge in [0.1, 0.15) is 0 Å². The average molecular weight is 227 g/mol. The summed E-state index contributed by atoms with van der Waals surface area (Å²) >= 11 is 0. The van der Waals surface area contributed by atoms with Crippen LogP contribution < -0.4 is 4.72 Å². The summed E-state index contributed by atoms with van der Waals surface area (Å²) in [4.78, 5) is 3.70. The fourth-order valence-corrected chi connectivity index (χ4v) is 1.77. The zero-order valence-electron chi connectivity index (χ0n) is 7.88. The Bertz CT molecular complexity index is 603. The molecule has 0 bridgehead atoms. The predicted molar refractivity (Wildman–Crippen MR) is 55.3 cm³/mol. The van der Waals surface area contributed by atoms with Crippen molar-refractivity contribution in [2.24, 2.45) is 0 Å². The van der Waals surface area contributed by atoms with Gasteiger partial charge in [0.2, 0.25) is 10.0 Å². The van der Waals surface area contributed by atoms with Gasteiger partial charge in [0.05, 0.1) is 11.8 Å². The van der Waals surface area contributed by atoms with Gasteiger partial charge in [-0.2, -0.15) is 4.98 Å². The van der Waals surface area contributed by atoms with Crippen LogP contribution in [0.3, 0.4) is 0 Å². The Morgan fingerprint density at radius 2 is 2.20 bits per heavy atom. The second kappa shape index (κ2) is 3.13. The van der Waals surface area contributed by atoms with Crippen LogP contribution in [0, 0.1) is 0 Å². The van der Waals surface area contributed by atoms with Crippen molar-refractivity contribution in [2.75, 3.05) is 11.0 Å². The van der Waals surface area contributed by atoms with Crippen molar-refractivity contribution < 1.29 is 13.5 Å². The molecule has 0 aliphatic carbocycles. The van der Waals surface area contributed by atoms with Crippen molar-refractivity contribution in [2.45, 2.75) is 0 Å². The molecule has 2 aromatic rings. The fourth-order valence-electron chi connectivity index (χ4n) is 1.27. The number of aromatic hydroxyl groups is 1. The minimum Gasteiger partial charge on any atom is -0.480 e. The summed E-state index contributed by atoms with van der Waals surface area (Å²) in [6, 6.07) is 4.83. The van der Waals surface area contributed by atoms with Crippen LogP contribution in [0.5, 0.6) is 6.01 Å². The molecule has 15 heavy (non-hydrogen) atoms. The van der Waals surface area contributed by atoms with Crippen molar-refractivity contribution in [1.82, 2.24) is 9.38 Å². The minimum absolute atomic E-state index is 0.121. The molecule has 0 saturated carbocycles. The number of sulfonamides is 1. The van der Waals surface area contributed by atoms with Gasteiger partial charge >= 0.3 is 6.01 Å². The van der Waals surface area contributed by atoms with Gasteiger partial charge in [-0.25, -0.2) is 8.42 Å². The van der Waals surface area contributed by atoms with Gasteiger partial charge in [0.25, 0.3) is 0 Å². The Kier molecular flexibility index (Phi) is 2.04. The summed E-state index contributed by atoms with van der Waals surface area (Å²) in [5.41, 5.74) is 0.500. The number of hydrogen-bond donors (Lipinski definition) is 2. The van der Waals surface area contributed by atoms with Gasteiger partial charge in [-0.05, 0) is 12.1 Å². The van der Waals surface area contributed by atoms with Crippen molar-refractivity contribution in [3.05, 3.63) is 24.4 Å². The van der Waals surface area contributed by atoms with Crippen LogP contribution in [-0.2, 0) is 10.0 Å². The third-order valence-corrected chi connectivity index (χ3v) is 2.38. The van der Waals surface area contributed by atoms with Crippen LogP contribution in [0.2, 0.25) is 0 Å². The number of pyridine rings is 1. The van der Waals surface area contributed by atoms with Gasteiger partial charge in [0.15, 0.2) is 5.82 Å². The molecule has 0 unspecified atom stereocenters. The Balaban J connectivity index is 2.62. The quantitative estimate of drug-likeness (QED) is 0.778. The molecular weight excluding hydrogens is 218 g/mol. The van der Waals surface area contributed by atoms with Crippen LogP contribution in [0.25, 0.3) is 5.52 Å². The minimum atomic E-state index is -3.39. The lowest BCUT2D eigenvalue weighted by Gasteiger charge is -1.99. The van der Waals surface area contributed by atoms with Gasteiger partial charge in [-0.15, -0.1) is 0 Å². The zero-order valence-corrected chi connectivity index (χ0v) is 8.69. The van der Waals surface area contributed by atoms with E-state index >= 15 is 0 Å². The number of rotatable bonds is 2. The number of aromatic nitrogens is 2. The second-order valence-corrected chi connectivity index (χ2v) is 4.84. The van der Waals surface area contributed by atoms with E-state index < -0.39 is 10.0 Å². The summed E-state index contributed by atoms with van der Waals surface area (Å²) in [6.07, 6.45) is 2.61. The highest BCUT2D eigenvalue weighted by Crippen LogP contribution is 2.21. The van der Waals surface area contributed by atoms with E-state index in [9.17, 15) is 13.5 Å². The third-order valence-electron chi connectivity index (χ3n) is 1.81. The number of imidazole rings is 1. The Morgan fingerprint density at radius 3 is 2.87 bits per heavy atom. The van der Waals surface area contributed by atoms with E-state index in [0.717, 1.165) is 6.26 Å². The number of anilines is 1. The SMILES string of the molecule is CS(=O)(=O)Nc1nc(O)n2ccccc12. The van der Waals surface area contributed by atoms with E-state index in [4.69, 9.17) is 0 Å². The highest BCUT2D eigenvalue weighted by atomic mass is 32.2. The summed E-state index contributed by atoms with van der Waals surface area (Å²) in [6.45, 7) is 0. The van der Waals surface area contributed by atoms with E-state index in [2.05, 4.69) is 9.71 Å². The molecule has 2 rings (SSSR count). The molecule has 0 atom stereocenters. The second-order valence-electron chi connectivity index (χ2n) is 3.09. The van der Waals surface area contributed by atoms with Gasteiger partial charge in [-0.1, -0.05) is 6.07 Å². The monoisotopic (exact) mass is 227 g/mol. The first-order valence-corrected chi connectivity index (χ1v) is 6.00. The first-order valence-electron chi connectivity index (χ1n) is 4.11. The first-order chi connectivity index (χ1) is 6.97. The maximum absolute atomic E-state index is 11.0. The Morgan fingerprint density at radius 1 is 1.47 bits per heavy atom. The van der Waals surface area contributed by atoms with E-state index in [-0.39, 0.29) is 11.8 Å². The molecule has 0 saturated heterocycles. The van der Waals surface area contributed by atoms with Crippen molar-refractivity contribution in [3.63, 3.8) is 0 Å². The van der Waals surface area contributed by atoms with Crippen LogP contribution in [0.4, 0.5) is 5.82 Å². The number of nitrogens with one attached hydrogen (secondary N) is 1. The average Bonchev–Trinajstić information content (AvgIpc) is 2.42. The maximum Gasteiger partial charge on any atom is 0.300 e. The van der Waals surface area contributed by atoms with E-state index in [1.165, 1.54) is 4.40 Å². The predicted octanol–water partition coefficient (Wildman–Crippen LogP) is 0.411. The van der Waals surface area contributed by atoms with Crippen LogP contribution in [0.1, 0.15) is 0 Å². The lowest BCUT2D eigenvalue weighted by atomic mass is 10.4. The topological polar surface area (TPSA) is 83.7 Å². The van der Waals surface area contributed by atoms with Crippen LogP contribution in [-0.4, -0.2) is 29.2 Å².